The first-order valence-electron chi connectivity index (χ1n) is 4.36. The van der Waals surface area contributed by atoms with Crippen molar-refractivity contribution in [2.75, 3.05) is 13.7 Å². The monoisotopic (exact) mass is 196 g/mol. The van der Waals surface area contributed by atoms with Gasteiger partial charge in [0, 0.05) is 5.46 Å². The Morgan fingerprint density at radius 1 is 1.36 bits per heavy atom. The third kappa shape index (κ3) is 2.40. The zero-order chi connectivity index (χ0) is 10.6. The van der Waals surface area contributed by atoms with Crippen LogP contribution in [0, 0.1) is 0 Å². The molecule has 0 radical (unpaired) electrons. The molecule has 0 amide bonds. The molecule has 1 rings (SSSR count). The van der Waals surface area contributed by atoms with E-state index in [2.05, 4.69) is 0 Å². The van der Waals surface area contributed by atoms with Crippen LogP contribution < -0.4 is 14.9 Å². The Morgan fingerprint density at radius 2 is 2.07 bits per heavy atom. The van der Waals surface area contributed by atoms with Crippen LogP contribution in [0.4, 0.5) is 0 Å². The lowest BCUT2D eigenvalue weighted by atomic mass is 9.79. The van der Waals surface area contributed by atoms with Crippen LogP contribution in [0.25, 0.3) is 0 Å². The van der Waals surface area contributed by atoms with Crippen molar-refractivity contribution in [1.82, 2.24) is 0 Å². The van der Waals surface area contributed by atoms with E-state index in [-0.39, 0.29) is 0 Å². The van der Waals surface area contributed by atoms with E-state index in [0.717, 1.165) is 0 Å². The molecule has 0 fully saturated rings. The molecule has 4 nitrogen and oxygen atoms in total. The SMILES string of the molecule is CCOc1ccc(OC)c(B(O)O)c1. The molecule has 0 aliphatic rings. The second-order valence-electron chi connectivity index (χ2n) is 2.71. The molecule has 0 spiro atoms. The van der Waals surface area contributed by atoms with Crippen molar-refractivity contribution in [2.24, 2.45) is 0 Å². The smallest absolute Gasteiger partial charge is 0.492 e. The summed E-state index contributed by atoms with van der Waals surface area (Å²) in [6.07, 6.45) is 0. The third-order valence-corrected chi connectivity index (χ3v) is 1.79. The number of hydrogen-bond acceptors (Lipinski definition) is 4. The molecule has 1 aromatic carbocycles. The first kappa shape index (κ1) is 10.9. The van der Waals surface area contributed by atoms with E-state index < -0.39 is 7.12 Å². The number of rotatable bonds is 4. The average Bonchev–Trinajstić information content (AvgIpc) is 2.18. The first-order valence-corrected chi connectivity index (χ1v) is 4.36. The van der Waals surface area contributed by atoms with Crippen molar-refractivity contribution < 1.29 is 19.5 Å². The number of benzene rings is 1. The molecule has 0 aliphatic carbocycles. The molecule has 0 heterocycles. The summed E-state index contributed by atoms with van der Waals surface area (Å²) in [6, 6.07) is 4.90. The predicted molar refractivity (Wildman–Crippen MR) is 54.0 cm³/mol. The van der Waals surface area contributed by atoms with E-state index in [0.29, 0.717) is 23.6 Å². The molecule has 5 heteroatoms. The van der Waals surface area contributed by atoms with Gasteiger partial charge >= 0.3 is 7.12 Å². The van der Waals surface area contributed by atoms with E-state index >= 15 is 0 Å². The van der Waals surface area contributed by atoms with Gasteiger partial charge in [0.1, 0.15) is 11.5 Å². The Bertz CT molecular complexity index is 301. The lowest BCUT2D eigenvalue weighted by molar-refractivity contribution is 0.339. The van der Waals surface area contributed by atoms with Gasteiger partial charge in [-0.2, -0.15) is 0 Å². The Hall–Kier alpha value is -1.20. The largest absolute Gasteiger partial charge is 0.497 e. The van der Waals surface area contributed by atoms with E-state index in [9.17, 15) is 0 Å². The summed E-state index contributed by atoms with van der Waals surface area (Å²) in [5.41, 5.74) is 0.304. The van der Waals surface area contributed by atoms with Gasteiger partial charge in [-0.3, -0.25) is 0 Å². The second-order valence-corrected chi connectivity index (χ2v) is 2.71. The van der Waals surface area contributed by atoms with Crippen molar-refractivity contribution >= 4 is 12.6 Å². The maximum atomic E-state index is 9.05. The van der Waals surface area contributed by atoms with Gasteiger partial charge in [0.2, 0.25) is 0 Å². The highest BCUT2D eigenvalue weighted by Gasteiger charge is 2.17. The standard InChI is InChI=1S/C9H13BO4/c1-3-14-7-4-5-9(13-2)8(6-7)10(11)12/h4-6,11-12H,3H2,1-2H3. The van der Waals surface area contributed by atoms with Crippen molar-refractivity contribution in [3.05, 3.63) is 18.2 Å². The maximum Gasteiger partial charge on any atom is 0.492 e. The summed E-state index contributed by atoms with van der Waals surface area (Å²) in [5.74, 6) is 1.03. The van der Waals surface area contributed by atoms with Gasteiger partial charge in [-0.15, -0.1) is 0 Å². The molecule has 14 heavy (non-hydrogen) atoms. The highest BCUT2D eigenvalue weighted by atomic mass is 16.5. The Balaban J connectivity index is 3.01. The molecular weight excluding hydrogens is 183 g/mol. The molecule has 2 N–H and O–H groups in total. The van der Waals surface area contributed by atoms with Crippen molar-refractivity contribution in [2.45, 2.75) is 6.92 Å². The minimum Gasteiger partial charge on any atom is -0.497 e. The summed E-state index contributed by atoms with van der Waals surface area (Å²) < 4.78 is 10.2. The molecule has 0 bridgehead atoms. The fourth-order valence-corrected chi connectivity index (χ4v) is 1.17. The van der Waals surface area contributed by atoms with E-state index in [1.54, 1.807) is 18.2 Å². The predicted octanol–water partition coefficient (Wildman–Crippen LogP) is -0.226. The van der Waals surface area contributed by atoms with Crippen molar-refractivity contribution in [1.29, 1.82) is 0 Å². The average molecular weight is 196 g/mol. The highest BCUT2D eigenvalue weighted by molar-refractivity contribution is 6.59. The van der Waals surface area contributed by atoms with Crippen molar-refractivity contribution in [3.8, 4) is 11.5 Å². The summed E-state index contributed by atoms with van der Waals surface area (Å²) in [4.78, 5) is 0. The lowest BCUT2D eigenvalue weighted by Gasteiger charge is -2.10. The molecule has 0 atom stereocenters. The van der Waals surface area contributed by atoms with Gasteiger partial charge in [0.15, 0.2) is 0 Å². The van der Waals surface area contributed by atoms with Gasteiger partial charge in [-0.05, 0) is 25.1 Å². The first-order chi connectivity index (χ1) is 6.69. The normalized spacial score (nSPS) is 9.71. The van der Waals surface area contributed by atoms with Gasteiger partial charge in [-0.1, -0.05) is 0 Å². The van der Waals surface area contributed by atoms with Crippen LogP contribution in [0.3, 0.4) is 0 Å². The van der Waals surface area contributed by atoms with Gasteiger partial charge in [-0.25, -0.2) is 0 Å². The molecule has 1 aromatic rings. The molecule has 0 saturated carbocycles. The topological polar surface area (TPSA) is 58.9 Å². The molecular formula is C9H13BO4. The van der Waals surface area contributed by atoms with E-state index in [1.807, 2.05) is 6.92 Å². The van der Waals surface area contributed by atoms with Gasteiger partial charge in [0.25, 0.3) is 0 Å². The quantitative estimate of drug-likeness (QED) is 0.653. The minimum absolute atomic E-state index is 0.304. The fourth-order valence-electron chi connectivity index (χ4n) is 1.17. The lowest BCUT2D eigenvalue weighted by Crippen LogP contribution is -2.31. The summed E-state index contributed by atoms with van der Waals surface area (Å²) in [6.45, 7) is 2.40. The third-order valence-electron chi connectivity index (χ3n) is 1.79. The zero-order valence-electron chi connectivity index (χ0n) is 8.23. The number of methoxy groups -OCH3 is 1. The van der Waals surface area contributed by atoms with Crippen LogP contribution >= 0.6 is 0 Å². The Morgan fingerprint density at radius 3 is 2.57 bits per heavy atom. The highest BCUT2D eigenvalue weighted by Crippen LogP contribution is 2.15. The Kier molecular flexibility index (Phi) is 3.79. The Labute approximate surface area is 83.2 Å². The van der Waals surface area contributed by atoms with E-state index in [4.69, 9.17) is 19.5 Å². The fraction of sp³-hybridized carbons (Fsp3) is 0.333. The molecule has 0 saturated heterocycles. The molecule has 76 valence electrons. The van der Waals surface area contributed by atoms with Gasteiger partial charge in [0.05, 0.1) is 13.7 Å². The maximum absolute atomic E-state index is 9.05. The second kappa shape index (κ2) is 4.88. The van der Waals surface area contributed by atoms with Crippen LogP contribution in [0.5, 0.6) is 11.5 Å². The van der Waals surface area contributed by atoms with Crippen LogP contribution in [0.2, 0.25) is 0 Å². The zero-order valence-corrected chi connectivity index (χ0v) is 8.23. The number of hydrogen-bond donors (Lipinski definition) is 2. The summed E-state index contributed by atoms with van der Waals surface area (Å²) >= 11 is 0. The number of ether oxygens (including phenoxy) is 2. The van der Waals surface area contributed by atoms with Crippen LogP contribution in [0.15, 0.2) is 18.2 Å². The van der Waals surface area contributed by atoms with Crippen LogP contribution in [-0.4, -0.2) is 30.9 Å². The van der Waals surface area contributed by atoms with Crippen LogP contribution in [-0.2, 0) is 0 Å². The molecule has 0 unspecified atom stereocenters. The minimum atomic E-state index is -1.55. The molecule has 0 aromatic heterocycles. The summed E-state index contributed by atoms with van der Waals surface area (Å²) in [5, 5.41) is 18.1. The van der Waals surface area contributed by atoms with Gasteiger partial charge < -0.3 is 19.5 Å². The van der Waals surface area contributed by atoms with Crippen molar-refractivity contribution in [3.63, 3.8) is 0 Å². The summed E-state index contributed by atoms with van der Waals surface area (Å²) in [7, 11) is -0.0768. The molecule has 0 aliphatic heterocycles. The van der Waals surface area contributed by atoms with Crippen LogP contribution in [0.1, 0.15) is 6.92 Å². The van der Waals surface area contributed by atoms with E-state index in [1.165, 1.54) is 7.11 Å².